The fourth-order valence-corrected chi connectivity index (χ4v) is 19.9. The van der Waals surface area contributed by atoms with Crippen molar-refractivity contribution >= 4 is 101 Å². The summed E-state index contributed by atoms with van der Waals surface area (Å²) >= 11 is 0. The van der Waals surface area contributed by atoms with Crippen LogP contribution in [0.1, 0.15) is 156 Å². The molecule has 2 aromatic heterocycles. The van der Waals surface area contributed by atoms with Crippen LogP contribution in [-0.4, -0.2) is 15.8 Å². The van der Waals surface area contributed by atoms with Gasteiger partial charge in [-0.2, -0.15) is 0 Å². The largest absolute Gasteiger partial charge is 0.311 e. The molecule has 20 rings (SSSR count). The summed E-state index contributed by atoms with van der Waals surface area (Å²) in [7, 11) is 0. The van der Waals surface area contributed by atoms with Crippen LogP contribution >= 0.6 is 0 Å². The number of nitrogens with zero attached hydrogens (tertiary/aromatic N) is 4. The van der Waals surface area contributed by atoms with Crippen LogP contribution in [-0.2, 0) is 32.5 Å². The summed E-state index contributed by atoms with van der Waals surface area (Å²) in [4.78, 5) is 5.28. The monoisotopic (exact) mass is 1460 g/mol. The van der Waals surface area contributed by atoms with Gasteiger partial charge in [-0.3, -0.25) is 0 Å². The summed E-state index contributed by atoms with van der Waals surface area (Å²) in [5.41, 5.74) is 38.4. The second-order valence-corrected chi connectivity index (χ2v) is 37.9. The molecule has 4 heterocycles. The Bertz CT molecular complexity index is 6380. The molecule has 5 heteroatoms. The Morgan fingerprint density at radius 1 is 0.248 bits per heavy atom. The van der Waals surface area contributed by atoms with Crippen molar-refractivity contribution in [3.8, 4) is 67.0 Å². The van der Waals surface area contributed by atoms with Gasteiger partial charge < -0.3 is 18.9 Å². The van der Waals surface area contributed by atoms with Gasteiger partial charge in [0.05, 0.1) is 27.8 Å². The maximum Gasteiger partial charge on any atom is 0.252 e. The van der Waals surface area contributed by atoms with E-state index in [1.165, 1.54) is 163 Å². The standard InChI is InChI=1S/C108H99BN4/c1-103(2,3)78-57-77(58-79(64-78)104(4,5)6)76-41-52-98-93(63-76)109-92-49-46-82(112-96-50-39-72(68-25-17-15-18-26-68)59-86(96)87-60-73(40-51-97(87)112)69-27-19-16-20-28-69)65-99(92)111(81-44-35-71(36-45-81)75-38-48-89-91(62-75)108(13,14)56-54-106(89,9)10)101-67-83(113-94-31-23-21-29-84(94)85-30-22-24-32-95(85)113)66-100(102(101)109)110(98)80-42-33-70(34-43-80)74-37-47-88-90(61-74)107(11,12)55-53-105(88,7)8/h15-52,57-67H,53-56H2,1-14H3. The van der Waals surface area contributed by atoms with Crippen molar-refractivity contribution in [2.75, 3.05) is 9.80 Å². The number of benzene rings is 14. The zero-order chi connectivity index (χ0) is 77.6. The highest BCUT2D eigenvalue weighted by Gasteiger charge is 2.46. The molecule has 113 heavy (non-hydrogen) atoms. The van der Waals surface area contributed by atoms with Crippen LogP contribution in [0, 0.1) is 0 Å². The Morgan fingerprint density at radius 2 is 0.611 bits per heavy atom. The van der Waals surface area contributed by atoms with Gasteiger partial charge >= 0.3 is 0 Å². The van der Waals surface area contributed by atoms with Gasteiger partial charge in [0.25, 0.3) is 6.71 Å². The molecule has 0 atom stereocenters. The van der Waals surface area contributed by atoms with Crippen LogP contribution in [0.4, 0.5) is 34.1 Å². The molecule has 0 unspecified atom stereocenters. The number of anilines is 6. The molecule has 0 amide bonds. The van der Waals surface area contributed by atoms with Gasteiger partial charge in [-0.15, -0.1) is 0 Å². The van der Waals surface area contributed by atoms with E-state index in [1.54, 1.807) is 0 Å². The molecule has 4 nitrogen and oxygen atoms in total. The molecule has 4 aliphatic rings. The molecule has 554 valence electrons. The first kappa shape index (κ1) is 70.5. The topological polar surface area (TPSA) is 16.3 Å². The number of rotatable bonds is 9. The molecule has 0 spiro atoms. The fraction of sp³-hybridized carbons (Fsp3) is 0.222. The van der Waals surface area contributed by atoms with E-state index in [1.807, 2.05) is 0 Å². The SMILES string of the molecule is CC(C)(C)c1cc(-c2ccc3c(c2)B2c4ccc(-n5c6ccc(-c7ccccc7)cc6c6cc(-c7ccccc7)ccc65)cc4N(c4ccc(-c5ccc6c(c5)C(C)(C)CCC6(C)C)cc4)c4cc(-n5c6ccccc6c6ccccc65)cc(c42)N3c2ccc(-c3ccc4c(c3)C(C)(C)CCC4(C)C)cc2)cc(C(C)(C)C)c1. The average Bonchev–Trinajstić information content (AvgIpc) is 1.43. The van der Waals surface area contributed by atoms with E-state index < -0.39 is 0 Å². The van der Waals surface area contributed by atoms with Crippen LogP contribution in [0.5, 0.6) is 0 Å². The molecule has 0 saturated heterocycles. The molecule has 2 aliphatic carbocycles. The third-order valence-corrected chi connectivity index (χ3v) is 26.7. The first-order valence-electron chi connectivity index (χ1n) is 41.1. The van der Waals surface area contributed by atoms with Crippen LogP contribution in [0.3, 0.4) is 0 Å². The van der Waals surface area contributed by atoms with Crippen molar-refractivity contribution in [3.63, 3.8) is 0 Å². The number of hydrogen-bond donors (Lipinski definition) is 0. The number of fused-ring (bicyclic) bond motifs is 12. The van der Waals surface area contributed by atoms with Crippen molar-refractivity contribution in [1.82, 2.24) is 9.13 Å². The summed E-state index contributed by atoms with van der Waals surface area (Å²) in [6.07, 6.45) is 4.69. The minimum absolute atomic E-state index is 0.0649. The Kier molecular flexibility index (Phi) is 15.9. The van der Waals surface area contributed by atoms with E-state index in [0.717, 1.165) is 57.3 Å². The van der Waals surface area contributed by atoms with Crippen molar-refractivity contribution in [2.24, 2.45) is 0 Å². The molecule has 0 saturated carbocycles. The Balaban J connectivity index is 0.872. The fourth-order valence-electron chi connectivity index (χ4n) is 19.9. The van der Waals surface area contributed by atoms with Crippen LogP contribution in [0.25, 0.3) is 111 Å². The normalized spacial score (nSPS) is 15.8. The second-order valence-electron chi connectivity index (χ2n) is 37.9. The summed E-state index contributed by atoms with van der Waals surface area (Å²) in [5.74, 6) is 0. The maximum absolute atomic E-state index is 2.65. The predicted molar refractivity (Wildman–Crippen MR) is 484 cm³/mol. The minimum Gasteiger partial charge on any atom is -0.311 e. The van der Waals surface area contributed by atoms with Gasteiger partial charge in [-0.05, 0) is 255 Å². The molecular weight excluding hydrogens is 1360 g/mol. The lowest BCUT2D eigenvalue weighted by Crippen LogP contribution is -2.61. The summed E-state index contributed by atoms with van der Waals surface area (Å²) in [6.45, 7) is 33.4. The Hall–Kier alpha value is -11.7. The van der Waals surface area contributed by atoms with Gasteiger partial charge in [-0.25, -0.2) is 0 Å². The molecule has 0 N–H and O–H groups in total. The maximum atomic E-state index is 2.65. The van der Waals surface area contributed by atoms with Gasteiger partial charge in [0, 0.05) is 61.4 Å². The smallest absolute Gasteiger partial charge is 0.252 e. The van der Waals surface area contributed by atoms with Crippen molar-refractivity contribution in [1.29, 1.82) is 0 Å². The Labute approximate surface area is 668 Å². The minimum atomic E-state index is -0.212. The number of aromatic nitrogens is 2. The van der Waals surface area contributed by atoms with Gasteiger partial charge in [0.15, 0.2) is 0 Å². The van der Waals surface area contributed by atoms with Crippen LogP contribution in [0.15, 0.2) is 297 Å². The first-order valence-corrected chi connectivity index (χ1v) is 41.1. The van der Waals surface area contributed by atoms with Gasteiger partial charge in [-0.1, -0.05) is 303 Å². The highest BCUT2D eigenvalue weighted by molar-refractivity contribution is 7.00. The van der Waals surface area contributed by atoms with E-state index in [2.05, 4.69) is 413 Å². The lowest BCUT2D eigenvalue weighted by Gasteiger charge is -2.45. The average molecular weight is 1460 g/mol. The van der Waals surface area contributed by atoms with E-state index in [0.29, 0.717) is 0 Å². The quantitative estimate of drug-likeness (QED) is 0.134. The highest BCUT2D eigenvalue weighted by atomic mass is 15.2. The third kappa shape index (κ3) is 11.5. The molecule has 0 radical (unpaired) electrons. The van der Waals surface area contributed by atoms with E-state index in [9.17, 15) is 0 Å². The van der Waals surface area contributed by atoms with Crippen molar-refractivity contribution in [2.45, 2.75) is 155 Å². The second kappa shape index (κ2) is 25.4. The molecule has 0 fully saturated rings. The molecule has 16 aromatic rings. The molecule has 0 bridgehead atoms. The lowest BCUT2D eigenvalue weighted by atomic mass is 9.33. The Morgan fingerprint density at radius 3 is 1.09 bits per heavy atom. The van der Waals surface area contributed by atoms with E-state index in [4.69, 9.17) is 0 Å². The van der Waals surface area contributed by atoms with E-state index >= 15 is 0 Å². The van der Waals surface area contributed by atoms with E-state index in [-0.39, 0.29) is 39.2 Å². The molecular formula is C108H99BN4. The predicted octanol–water partition coefficient (Wildman–Crippen LogP) is 27.6. The van der Waals surface area contributed by atoms with Crippen molar-refractivity contribution in [3.05, 3.63) is 331 Å². The number of hydrogen-bond acceptors (Lipinski definition) is 2. The number of para-hydroxylation sites is 2. The van der Waals surface area contributed by atoms with Crippen LogP contribution in [0.2, 0.25) is 0 Å². The summed E-state index contributed by atoms with van der Waals surface area (Å²) in [6, 6.07) is 115. The van der Waals surface area contributed by atoms with Gasteiger partial charge in [0.1, 0.15) is 0 Å². The zero-order valence-corrected chi connectivity index (χ0v) is 68.0. The lowest BCUT2D eigenvalue weighted by molar-refractivity contribution is 0.332. The van der Waals surface area contributed by atoms with Crippen LogP contribution < -0.4 is 26.2 Å². The first-order chi connectivity index (χ1) is 54.2. The van der Waals surface area contributed by atoms with Crippen molar-refractivity contribution < 1.29 is 0 Å². The molecule has 14 aromatic carbocycles. The molecule has 2 aliphatic heterocycles. The summed E-state index contributed by atoms with van der Waals surface area (Å²) in [5, 5.41) is 4.89. The zero-order valence-electron chi connectivity index (χ0n) is 68.0. The summed E-state index contributed by atoms with van der Waals surface area (Å²) < 4.78 is 5.09. The van der Waals surface area contributed by atoms with Gasteiger partial charge in [0.2, 0.25) is 0 Å². The highest BCUT2D eigenvalue weighted by Crippen LogP contribution is 2.53. The third-order valence-electron chi connectivity index (χ3n) is 26.7.